The molecule has 21 heavy (non-hydrogen) atoms. The molecule has 2 fully saturated rings. The van der Waals surface area contributed by atoms with Crippen LogP contribution in [0.4, 0.5) is 0 Å². The summed E-state index contributed by atoms with van der Waals surface area (Å²) in [5.74, 6) is -2.57. The van der Waals surface area contributed by atoms with E-state index in [1.54, 1.807) is 7.05 Å². The van der Waals surface area contributed by atoms with Gasteiger partial charge in [-0.1, -0.05) is 0 Å². The summed E-state index contributed by atoms with van der Waals surface area (Å²) in [6.07, 6.45) is -2.38. The molecule has 9 nitrogen and oxygen atoms in total. The Morgan fingerprint density at radius 2 is 2.14 bits per heavy atom. The first-order valence-corrected chi connectivity index (χ1v) is 6.67. The number of rotatable bonds is 5. The number of aliphatic carboxylic acids is 2. The molecule has 0 saturated carbocycles. The molecule has 0 aromatic heterocycles. The summed E-state index contributed by atoms with van der Waals surface area (Å²) in [6, 6.07) is -1.83. The molecule has 6 atom stereocenters. The van der Waals surface area contributed by atoms with Crippen molar-refractivity contribution in [1.29, 1.82) is 0 Å². The molecule has 2 aliphatic rings. The second-order valence-corrected chi connectivity index (χ2v) is 5.49. The predicted molar refractivity (Wildman–Crippen MR) is 68.7 cm³/mol. The number of aliphatic hydroxyl groups is 1. The second kappa shape index (κ2) is 5.85. The maximum atomic E-state index is 11.6. The zero-order valence-electron chi connectivity index (χ0n) is 11.6. The minimum atomic E-state index is -1.72. The van der Waals surface area contributed by atoms with Crippen molar-refractivity contribution in [1.82, 2.24) is 5.32 Å². The highest BCUT2D eigenvalue weighted by atomic mass is 16.6. The van der Waals surface area contributed by atoms with E-state index in [4.69, 9.17) is 20.3 Å². The van der Waals surface area contributed by atoms with Gasteiger partial charge in [-0.2, -0.15) is 0 Å². The van der Waals surface area contributed by atoms with Crippen molar-refractivity contribution in [3.63, 3.8) is 0 Å². The predicted octanol–water partition coefficient (Wildman–Crippen LogP) is -2.25. The highest BCUT2D eigenvalue weighted by molar-refractivity contribution is 5.81. The Balaban J connectivity index is 2.22. The van der Waals surface area contributed by atoms with Gasteiger partial charge in [0.25, 0.3) is 0 Å². The number of carbonyl (C=O) groups is 2. The SMILES string of the molecule is CN[C@H]1[C@H]2O[C@](C[C@H](N)C(=O)O)(C(=O)O)C[C@H]2OC[C@H]1O. The van der Waals surface area contributed by atoms with Crippen LogP contribution in [0.25, 0.3) is 0 Å². The number of likely N-dealkylation sites (N-methyl/N-ethyl adjacent to an activating group) is 1. The van der Waals surface area contributed by atoms with Crippen LogP contribution in [0.3, 0.4) is 0 Å². The van der Waals surface area contributed by atoms with Gasteiger partial charge < -0.3 is 35.8 Å². The maximum absolute atomic E-state index is 11.6. The third-order valence-corrected chi connectivity index (χ3v) is 4.10. The molecule has 0 aromatic rings. The lowest BCUT2D eigenvalue weighted by molar-refractivity contribution is -0.175. The molecule has 0 bridgehead atoms. The Labute approximate surface area is 121 Å². The lowest BCUT2D eigenvalue weighted by Crippen LogP contribution is -2.57. The summed E-state index contributed by atoms with van der Waals surface area (Å²) in [6.45, 7) is 0.0662. The summed E-state index contributed by atoms with van der Waals surface area (Å²) in [5, 5.41) is 31.1. The lowest BCUT2D eigenvalue weighted by Gasteiger charge is -2.36. The molecule has 0 radical (unpaired) electrons. The molecule has 2 aliphatic heterocycles. The van der Waals surface area contributed by atoms with Crippen LogP contribution in [-0.4, -0.2) is 76.9 Å². The van der Waals surface area contributed by atoms with Crippen LogP contribution in [0, 0.1) is 0 Å². The van der Waals surface area contributed by atoms with Crippen LogP contribution in [-0.2, 0) is 19.1 Å². The van der Waals surface area contributed by atoms with E-state index >= 15 is 0 Å². The largest absolute Gasteiger partial charge is 0.480 e. The molecular weight excluding hydrogens is 284 g/mol. The van der Waals surface area contributed by atoms with Gasteiger partial charge >= 0.3 is 11.9 Å². The topological polar surface area (TPSA) is 151 Å². The zero-order valence-corrected chi connectivity index (χ0v) is 11.6. The minimum Gasteiger partial charge on any atom is -0.480 e. The number of hydrogen-bond acceptors (Lipinski definition) is 7. The van der Waals surface area contributed by atoms with Crippen LogP contribution >= 0.6 is 0 Å². The molecule has 2 saturated heterocycles. The third-order valence-electron chi connectivity index (χ3n) is 4.10. The number of fused-ring (bicyclic) bond motifs is 1. The Morgan fingerprint density at radius 1 is 1.48 bits per heavy atom. The average Bonchev–Trinajstić information content (AvgIpc) is 2.78. The smallest absolute Gasteiger partial charge is 0.336 e. The Morgan fingerprint density at radius 3 is 2.67 bits per heavy atom. The van der Waals surface area contributed by atoms with Crippen LogP contribution in [0.15, 0.2) is 0 Å². The van der Waals surface area contributed by atoms with Crippen LogP contribution in [0.1, 0.15) is 12.8 Å². The van der Waals surface area contributed by atoms with E-state index in [1.165, 1.54) is 0 Å². The van der Waals surface area contributed by atoms with E-state index in [0.717, 1.165) is 0 Å². The number of carboxylic acid groups (broad SMARTS) is 2. The molecule has 0 aliphatic carbocycles. The second-order valence-electron chi connectivity index (χ2n) is 5.49. The number of nitrogens with one attached hydrogen (secondary N) is 1. The number of ether oxygens (including phenoxy) is 2. The van der Waals surface area contributed by atoms with Gasteiger partial charge in [0.15, 0.2) is 5.60 Å². The fourth-order valence-electron chi connectivity index (χ4n) is 2.98. The average molecular weight is 304 g/mol. The van der Waals surface area contributed by atoms with Crippen molar-refractivity contribution in [3.8, 4) is 0 Å². The van der Waals surface area contributed by atoms with Crippen molar-refractivity contribution in [2.75, 3.05) is 13.7 Å². The van der Waals surface area contributed by atoms with Crippen LogP contribution in [0.5, 0.6) is 0 Å². The molecule has 6 N–H and O–H groups in total. The minimum absolute atomic E-state index is 0.00111. The first-order valence-electron chi connectivity index (χ1n) is 6.67. The summed E-state index contributed by atoms with van der Waals surface area (Å²) < 4.78 is 11.0. The fourth-order valence-corrected chi connectivity index (χ4v) is 2.98. The van der Waals surface area contributed by atoms with Crippen molar-refractivity contribution in [2.45, 2.75) is 48.8 Å². The van der Waals surface area contributed by atoms with E-state index < -0.39 is 47.9 Å². The Bertz CT molecular complexity index is 432. The summed E-state index contributed by atoms with van der Waals surface area (Å²) in [5.41, 5.74) is 3.74. The first-order chi connectivity index (χ1) is 9.80. The Hall–Kier alpha value is -1.26. The molecule has 0 unspecified atom stereocenters. The molecule has 2 heterocycles. The molecule has 0 spiro atoms. The van der Waals surface area contributed by atoms with Gasteiger partial charge in [-0.3, -0.25) is 4.79 Å². The van der Waals surface area contributed by atoms with Gasteiger partial charge in [0, 0.05) is 12.8 Å². The standard InChI is InChI=1S/C12H20N2O7/c1-14-8-6(15)4-20-7-3-12(11(18)19,21-9(7)8)2-5(13)10(16)17/h5-9,14-15H,2-4,13H2,1H3,(H,16,17)(H,18,19)/t5-,6+,7+,8+,9-,12-/m0/s1. The normalized spacial score (nSPS) is 40.5. The molecule has 0 aromatic carbocycles. The quantitative estimate of drug-likeness (QED) is 0.379. The lowest BCUT2D eigenvalue weighted by atomic mass is 9.89. The van der Waals surface area contributed by atoms with Gasteiger partial charge in [-0.25, -0.2) is 4.79 Å². The summed E-state index contributed by atoms with van der Waals surface area (Å²) in [4.78, 5) is 22.5. The van der Waals surface area contributed by atoms with E-state index in [9.17, 15) is 19.8 Å². The van der Waals surface area contributed by atoms with E-state index in [1.807, 2.05) is 0 Å². The third kappa shape index (κ3) is 2.87. The number of carboxylic acids is 2. The zero-order chi connectivity index (χ0) is 15.8. The van der Waals surface area contributed by atoms with E-state index in [0.29, 0.717) is 0 Å². The molecule has 9 heteroatoms. The summed E-state index contributed by atoms with van der Waals surface area (Å²) in [7, 11) is 1.63. The number of aliphatic hydroxyl groups excluding tert-OH is 1. The van der Waals surface area contributed by atoms with Gasteiger partial charge in [0.1, 0.15) is 12.1 Å². The monoisotopic (exact) mass is 304 g/mol. The molecular formula is C12H20N2O7. The maximum Gasteiger partial charge on any atom is 0.336 e. The van der Waals surface area contributed by atoms with Crippen molar-refractivity contribution < 1.29 is 34.4 Å². The number of hydrogen-bond donors (Lipinski definition) is 5. The van der Waals surface area contributed by atoms with Gasteiger partial charge in [0.2, 0.25) is 0 Å². The van der Waals surface area contributed by atoms with Crippen molar-refractivity contribution in [3.05, 3.63) is 0 Å². The van der Waals surface area contributed by atoms with E-state index in [2.05, 4.69) is 5.32 Å². The Kier molecular flexibility index (Phi) is 4.49. The summed E-state index contributed by atoms with van der Waals surface area (Å²) >= 11 is 0. The number of nitrogens with two attached hydrogens (primary N) is 1. The van der Waals surface area contributed by atoms with Crippen LogP contribution in [0.2, 0.25) is 0 Å². The van der Waals surface area contributed by atoms with Crippen molar-refractivity contribution in [2.24, 2.45) is 5.73 Å². The van der Waals surface area contributed by atoms with Gasteiger partial charge in [0.05, 0.1) is 24.9 Å². The van der Waals surface area contributed by atoms with E-state index in [-0.39, 0.29) is 19.4 Å². The highest BCUT2D eigenvalue weighted by Crippen LogP contribution is 2.40. The van der Waals surface area contributed by atoms with Gasteiger partial charge in [-0.05, 0) is 7.05 Å². The molecule has 120 valence electrons. The van der Waals surface area contributed by atoms with Crippen molar-refractivity contribution >= 4 is 11.9 Å². The van der Waals surface area contributed by atoms with Crippen LogP contribution < -0.4 is 11.1 Å². The molecule has 0 amide bonds. The van der Waals surface area contributed by atoms with Gasteiger partial charge in [-0.15, -0.1) is 0 Å². The fraction of sp³-hybridized carbons (Fsp3) is 0.833. The first kappa shape index (κ1) is 16.1. The molecule has 2 rings (SSSR count). The highest BCUT2D eigenvalue weighted by Gasteiger charge is 2.57.